The zero-order valence-corrected chi connectivity index (χ0v) is 15.8. The Bertz CT molecular complexity index is 850. The van der Waals surface area contributed by atoms with Crippen LogP contribution in [0.25, 0.3) is 0 Å². The fourth-order valence-electron chi connectivity index (χ4n) is 2.93. The third-order valence-corrected chi connectivity index (χ3v) is 4.35. The van der Waals surface area contributed by atoms with Crippen LogP contribution in [0.1, 0.15) is 25.8 Å². The number of aryl methyl sites for hydroxylation is 1. The molecular formula is C21H24N2O4. The van der Waals surface area contributed by atoms with E-state index in [1.165, 1.54) is 0 Å². The van der Waals surface area contributed by atoms with Gasteiger partial charge in [-0.05, 0) is 43.7 Å². The third kappa shape index (κ3) is 4.39. The fraction of sp³-hybridized carbons (Fsp3) is 0.333. The molecule has 2 amide bonds. The molecule has 3 rings (SSSR count). The molecule has 1 aliphatic heterocycles. The highest BCUT2D eigenvalue weighted by Gasteiger charge is 2.31. The molecule has 0 saturated carbocycles. The molecule has 27 heavy (non-hydrogen) atoms. The number of fused-ring (bicyclic) bond motifs is 1. The first-order valence-electron chi connectivity index (χ1n) is 9.09. The molecule has 1 atom stereocenters. The van der Waals surface area contributed by atoms with E-state index in [-0.39, 0.29) is 11.8 Å². The van der Waals surface area contributed by atoms with Gasteiger partial charge < -0.3 is 19.7 Å². The van der Waals surface area contributed by atoms with Crippen LogP contribution in [0.4, 0.5) is 11.4 Å². The summed E-state index contributed by atoms with van der Waals surface area (Å²) >= 11 is 0. The summed E-state index contributed by atoms with van der Waals surface area (Å²) in [5.41, 5.74) is 2.45. The molecule has 0 aliphatic carbocycles. The quantitative estimate of drug-likeness (QED) is 0.847. The molecule has 1 aliphatic rings. The number of amides is 2. The van der Waals surface area contributed by atoms with Crippen LogP contribution < -0.4 is 19.7 Å². The van der Waals surface area contributed by atoms with E-state index < -0.39 is 6.10 Å². The van der Waals surface area contributed by atoms with Crippen molar-refractivity contribution < 1.29 is 19.1 Å². The van der Waals surface area contributed by atoms with E-state index in [1.54, 1.807) is 36.9 Å². The topological polar surface area (TPSA) is 67.9 Å². The van der Waals surface area contributed by atoms with Crippen LogP contribution >= 0.6 is 0 Å². The largest absolute Gasteiger partial charge is 0.492 e. The summed E-state index contributed by atoms with van der Waals surface area (Å²) in [5, 5.41) is 2.81. The molecule has 1 N–H and O–H groups in total. The molecular weight excluding hydrogens is 344 g/mol. The molecule has 0 radical (unpaired) electrons. The van der Waals surface area contributed by atoms with Crippen LogP contribution in [-0.2, 0) is 9.59 Å². The van der Waals surface area contributed by atoms with Crippen LogP contribution in [0.3, 0.4) is 0 Å². The summed E-state index contributed by atoms with van der Waals surface area (Å²) in [6.07, 6.45) is -0.191. The molecule has 1 unspecified atom stereocenters. The monoisotopic (exact) mass is 368 g/mol. The standard InChI is InChI=1S/C21H24N2O4/c1-4-20(24)22-16-8-9-18-19(13-16)27-15(3)21(25)23(18)10-11-26-17-7-5-6-14(2)12-17/h5-9,12-13,15H,4,10-11H2,1-3H3,(H,22,24). The smallest absolute Gasteiger partial charge is 0.267 e. The van der Waals surface area contributed by atoms with E-state index in [0.29, 0.717) is 36.7 Å². The van der Waals surface area contributed by atoms with Crippen LogP contribution in [0.2, 0.25) is 0 Å². The van der Waals surface area contributed by atoms with Gasteiger partial charge in [0.1, 0.15) is 18.1 Å². The highest BCUT2D eigenvalue weighted by molar-refractivity contribution is 6.00. The van der Waals surface area contributed by atoms with Gasteiger partial charge >= 0.3 is 0 Å². The van der Waals surface area contributed by atoms with Gasteiger partial charge in [0.15, 0.2) is 6.10 Å². The molecule has 2 aromatic carbocycles. The van der Waals surface area contributed by atoms with Crippen molar-refractivity contribution in [2.24, 2.45) is 0 Å². The van der Waals surface area contributed by atoms with Gasteiger partial charge in [-0.15, -0.1) is 0 Å². The molecule has 0 saturated heterocycles. The van der Waals surface area contributed by atoms with Crippen molar-refractivity contribution in [2.45, 2.75) is 33.3 Å². The molecule has 0 aromatic heterocycles. The number of anilines is 2. The Morgan fingerprint density at radius 3 is 2.81 bits per heavy atom. The van der Waals surface area contributed by atoms with Crippen molar-refractivity contribution in [1.29, 1.82) is 0 Å². The van der Waals surface area contributed by atoms with Crippen LogP contribution in [0, 0.1) is 6.92 Å². The van der Waals surface area contributed by atoms with Crippen molar-refractivity contribution in [2.75, 3.05) is 23.4 Å². The highest BCUT2D eigenvalue weighted by atomic mass is 16.5. The van der Waals surface area contributed by atoms with E-state index >= 15 is 0 Å². The molecule has 0 spiro atoms. The number of benzene rings is 2. The van der Waals surface area contributed by atoms with Gasteiger partial charge in [0, 0.05) is 18.2 Å². The predicted molar refractivity (Wildman–Crippen MR) is 104 cm³/mol. The van der Waals surface area contributed by atoms with Crippen molar-refractivity contribution in [3.8, 4) is 11.5 Å². The van der Waals surface area contributed by atoms with E-state index in [2.05, 4.69) is 5.32 Å². The van der Waals surface area contributed by atoms with Gasteiger partial charge in [-0.25, -0.2) is 0 Å². The lowest BCUT2D eigenvalue weighted by Crippen LogP contribution is -2.46. The number of rotatable bonds is 6. The van der Waals surface area contributed by atoms with Gasteiger partial charge in [0.25, 0.3) is 5.91 Å². The molecule has 6 nitrogen and oxygen atoms in total. The number of hydrogen-bond donors (Lipinski definition) is 1. The van der Waals surface area contributed by atoms with Crippen molar-refractivity contribution in [1.82, 2.24) is 0 Å². The third-order valence-electron chi connectivity index (χ3n) is 4.35. The predicted octanol–water partition coefficient (Wildman–Crippen LogP) is 3.54. The minimum absolute atomic E-state index is 0.0710. The normalized spacial score (nSPS) is 15.7. The summed E-state index contributed by atoms with van der Waals surface area (Å²) in [6.45, 7) is 6.30. The maximum absolute atomic E-state index is 12.6. The number of nitrogens with zero attached hydrogens (tertiary/aromatic N) is 1. The van der Waals surface area contributed by atoms with Crippen LogP contribution in [0.5, 0.6) is 11.5 Å². The van der Waals surface area contributed by atoms with Gasteiger partial charge in [0.2, 0.25) is 5.91 Å². The Kier molecular flexibility index (Phi) is 5.64. The zero-order chi connectivity index (χ0) is 19.4. The molecule has 142 valence electrons. The second-order valence-electron chi connectivity index (χ2n) is 6.50. The maximum atomic E-state index is 12.6. The molecule has 1 heterocycles. The van der Waals surface area contributed by atoms with Gasteiger partial charge in [-0.2, -0.15) is 0 Å². The summed E-state index contributed by atoms with van der Waals surface area (Å²) in [7, 11) is 0. The average molecular weight is 368 g/mol. The van der Waals surface area contributed by atoms with Crippen molar-refractivity contribution in [3.63, 3.8) is 0 Å². The summed E-state index contributed by atoms with van der Waals surface area (Å²) in [4.78, 5) is 25.8. The fourth-order valence-corrected chi connectivity index (χ4v) is 2.93. The van der Waals surface area contributed by atoms with E-state index in [0.717, 1.165) is 11.3 Å². The Hall–Kier alpha value is -3.02. The zero-order valence-electron chi connectivity index (χ0n) is 15.8. The highest BCUT2D eigenvalue weighted by Crippen LogP contribution is 2.36. The lowest BCUT2D eigenvalue weighted by atomic mass is 10.1. The van der Waals surface area contributed by atoms with Crippen molar-refractivity contribution in [3.05, 3.63) is 48.0 Å². The summed E-state index contributed by atoms with van der Waals surface area (Å²) in [6, 6.07) is 13.1. The molecule has 2 aromatic rings. The Morgan fingerprint density at radius 2 is 2.07 bits per heavy atom. The van der Waals surface area contributed by atoms with Crippen molar-refractivity contribution >= 4 is 23.2 Å². The molecule has 0 fully saturated rings. The lowest BCUT2D eigenvalue weighted by molar-refractivity contribution is -0.125. The minimum Gasteiger partial charge on any atom is -0.492 e. The number of hydrogen-bond acceptors (Lipinski definition) is 4. The van der Waals surface area contributed by atoms with Crippen LogP contribution in [0.15, 0.2) is 42.5 Å². The first-order chi connectivity index (χ1) is 13.0. The van der Waals surface area contributed by atoms with Gasteiger partial charge in [0.05, 0.1) is 12.2 Å². The second-order valence-corrected chi connectivity index (χ2v) is 6.50. The minimum atomic E-state index is -0.589. The second kappa shape index (κ2) is 8.12. The Morgan fingerprint density at radius 1 is 1.26 bits per heavy atom. The molecule has 0 bridgehead atoms. The summed E-state index contributed by atoms with van der Waals surface area (Å²) < 4.78 is 11.5. The average Bonchev–Trinajstić information content (AvgIpc) is 2.64. The van der Waals surface area contributed by atoms with Gasteiger partial charge in [-0.3, -0.25) is 9.59 Å². The number of nitrogens with one attached hydrogen (secondary N) is 1. The van der Waals surface area contributed by atoms with E-state index in [9.17, 15) is 9.59 Å². The Balaban J connectivity index is 1.73. The van der Waals surface area contributed by atoms with Crippen LogP contribution in [-0.4, -0.2) is 31.1 Å². The first kappa shape index (κ1) is 18.8. The molecule has 6 heteroatoms. The lowest BCUT2D eigenvalue weighted by Gasteiger charge is -2.33. The SMILES string of the molecule is CCC(=O)Nc1ccc2c(c1)OC(C)C(=O)N2CCOc1cccc(C)c1. The Labute approximate surface area is 159 Å². The summed E-state index contributed by atoms with van der Waals surface area (Å²) in [5.74, 6) is 1.17. The number of ether oxygens (including phenoxy) is 2. The van der Waals surface area contributed by atoms with Gasteiger partial charge in [-0.1, -0.05) is 19.1 Å². The first-order valence-corrected chi connectivity index (χ1v) is 9.09. The van der Waals surface area contributed by atoms with E-state index in [1.807, 2.05) is 31.2 Å². The number of carbonyl (C=O) groups is 2. The van der Waals surface area contributed by atoms with E-state index in [4.69, 9.17) is 9.47 Å². The number of carbonyl (C=O) groups excluding carboxylic acids is 2. The maximum Gasteiger partial charge on any atom is 0.267 e.